The molecule has 0 nitrogen and oxygen atoms in total. The van der Waals surface area contributed by atoms with Crippen LogP contribution in [-0.4, -0.2) is 30.3 Å². The Labute approximate surface area is 174 Å². The summed E-state index contributed by atoms with van der Waals surface area (Å²) in [4.78, 5) is 0. The van der Waals surface area contributed by atoms with Crippen molar-refractivity contribution in [3.8, 4) is 0 Å². The molecule has 0 fully saturated rings. The van der Waals surface area contributed by atoms with Crippen molar-refractivity contribution >= 4 is 15.8 Å². The van der Waals surface area contributed by atoms with Crippen LogP contribution in [0.25, 0.3) is 0 Å². The van der Waals surface area contributed by atoms with Crippen LogP contribution in [0.3, 0.4) is 0 Å². The number of allylic oxidation sites excluding steroid dienone is 4. The molecule has 1 rings (SSSR count). The van der Waals surface area contributed by atoms with Crippen LogP contribution in [0, 0.1) is 0 Å². The first-order valence-corrected chi connectivity index (χ1v) is 15.6. The molecule has 0 aliphatic heterocycles. The third-order valence-electron chi connectivity index (χ3n) is 5.78. The molecule has 1 aliphatic carbocycles. The summed E-state index contributed by atoms with van der Waals surface area (Å²) in [5.41, 5.74) is 0.850. The molecule has 2 heteroatoms. The average Bonchev–Trinajstić information content (AvgIpc) is 3.15. The second kappa shape index (κ2) is 17.2. The summed E-state index contributed by atoms with van der Waals surface area (Å²) in [6.07, 6.45) is 30.7. The molecule has 0 aromatic rings. The monoisotopic (exact) mass is 410 g/mol. The summed E-state index contributed by atoms with van der Waals surface area (Å²) in [5, 5.41) is 1.91. The molecule has 0 aromatic carbocycles. The summed E-state index contributed by atoms with van der Waals surface area (Å²) >= 11 is 0. The van der Waals surface area contributed by atoms with E-state index in [9.17, 15) is 0 Å². The highest BCUT2D eigenvalue weighted by atomic mass is 31.1. The molecular weight excluding hydrogens is 362 g/mol. The summed E-state index contributed by atoms with van der Waals surface area (Å²) < 4.78 is 0. The Balaban J connectivity index is 2.75. The fourth-order valence-corrected chi connectivity index (χ4v) is 10.6. The van der Waals surface area contributed by atoms with Crippen molar-refractivity contribution in [3.63, 3.8) is 0 Å². The van der Waals surface area contributed by atoms with Gasteiger partial charge in [-0.2, -0.15) is 0 Å². The van der Waals surface area contributed by atoms with Gasteiger partial charge in [0.1, 0.15) is 0 Å². The summed E-state index contributed by atoms with van der Waals surface area (Å²) in [6, 6.07) is 0. The topological polar surface area (TPSA) is 0 Å². The van der Waals surface area contributed by atoms with Crippen LogP contribution in [0.4, 0.5) is 0 Å². The Kier molecular flexibility index (Phi) is 16.2. The van der Waals surface area contributed by atoms with Gasteiger partial charge in [0.25, 0.3) is 0 Å². The van der Waals surface area contributed by atoms with E-state index in [4.69, 9.17) is 0 Å². The van der Waals surface area contributed by atoms with E-state index in [1.807, 2.05) is 5.31 Å². The van der Waals surface area contributed by atoms with Crippen molar-refractivity contribution < 1.29 is 0 Å². The van der Waals surface area contributed by atoms with E-state index in [2.05, 4.69) is 45.9 Å². The van der Waals surface area contributed by atoms with Gasteiger partial charge < -0.3 is 0 Å². The van der Waals surface area contributed by atoms with E-state index in [-0.39, 0.29) is 15.8 Å². The molecule has 0 radical (unpaired) electrons. The second-order valence-corrected chi connectivity index (χ2v) is 13.4. The highest BCUT2D eigenvalue weighted by molar-refractivity contribution is 7.65. The van der Waals surface area contributed by atoms with Crippen LogP contribution in [0.5, 0.6) is 0 Å². The minimum Gasteiger partial charge on any atom is -0.0950 e. The molecule has 0 N–H and O–H groups in total. The van der Waals surface area contributed by atoms with E-state index < -0.39 is 0 Å². The van der Waals surface area contributed by atoms with Gasteiger partial charge in [-0.1, -0.05) is 113 Å². The zero-order valence-corrected chi connectivity index (χ0v) is 20.8. The molecule has 1 aliphatic rings. The number of hydrogen-bond donors (Lipinski definition) is 0. The SMILES string of the molecule is CCCCCP(CCCCC)C1=CC=CC1P(CCCCC)CCCCC. The molecule has 0 heterocycles. The van der Waals surface area contributed by atoms with Gasteiger partial charge in [0.2, 0.25) is 0 Å². The van der Waals surface area contributed by atoms with E-state index in [1.54, 1.807) is 0 Å². The summed E-state index contributed by atoms with van der Waals surface area (Å²) in [6.45, 7) is 9.39. The van der Waals surface area contributed by atoms with Crippen molar-refractivity contribution in [1.29, 1.82) is 0 Å². The van der Waals surface area contributed by atoms with Gasteiger partial charge in [0.05, 0.1) is 0 Å². The maximum atomic E-state index is 2.62. The maximum Gasteiger partial charge on any atom is 0.0228 e. The van der Waals surface area contributed by atoms with Gasteiger partial charge in [0.15, 0.2) is 0 Å². The third-order valence-corrected chi connectivity index (χ3v) is 11.9. The normalized spacial score (nSPS) is 16.7. The fraction of sp³-hybridized carbons (Fsp3) is 0.840. The smallest absolute Gasteiger partial charge is 0.0228 e. The van der Waals surface area contributed by atoms with Crippen LogP contribution in [-0.2, 0) is 0 Å². The Morgan fingerprint density at radius 3 is 1.52 bits per heavy atom. The van der Waals surface area contributed by atoms with Crippen LogP contribution >= 0.6 is 15.8 Å². The first kappa shape index (κ1) is 25.4. The lowest BCUT2D eigenvalue weighted by molar-refractivity contribution is 0.759. The van der Waals surface area contributed by atoms with Gasteiger partial charge in [-0.15, -0.1) is 0 Å². The first-order chi connectivity index (χ1) is 13.3. The highest BCUT2D eigenvalue weighted by Crippen LogP contribution is 2.59. The van der Waals surface area contributed by atoms with Crippen molar-refractivity contribution in [3.05, 3.63) is 23.5 Å². The molecule has 0 bridgehead atoms. The maximum absolute atomic E-state index is 2.62. The molecule has 158 valence electrons. The predicted molar refractivity (Wildman–Crippen MR) is 132 cm³/mol. The lowest BCUT2D eigenvalue weighted by Gasteiger charge is -2.31. The number of rotatable bonds is 18. The minimum atomic E-state index is 0.121. The molecule has 0 spiro atoms. The van der Waals surface area contributed by atoms with E-state index in [1.165, 1.54) is 102 Å². The van der Waals surface area contributed by atoms with Gasteiger partial charge >= 0.3 is 0 Å². The Bertz CT molecular complexity index is 379. The number of hydrogen-bond acceptors (Lipinski definition) is 0. The van der Waals surface area contributed by atoms with Crippen LogP contribution in [0.2, 0.25) is 0 Å². The van der Waals surface area contributed by atoms with Gasteiger partial charge in [0, 0.05) is 5.66 Å². The minimum absolute atomic E-state index is 0.121. The van der Waals surface area contributed by atoms with Crippen molar-refractivity contribution in [2.24, 2.45) is 0 Å². The van der Waals surface area contributed by atoms with Gasteiger partial charge in [-0.3, -0.25) is 0 Å². The Morgan fingerprint density at radius 2 is 1.07 bits per heavy atom. The van der Waals surface area contributed by atoms with E-state index >= 15 is 0 Å². The second-order valence-electron chi connectivity index (χ2n) is 8.27. The van der Waals surface area contributed by atoms with Crippen LogP contribution in [0.15, 0.2) is 23.5 Å². The molecule has 0 amide bonds. The Morgan fingerprint density at radius 1 is 0.630 bits per heavy atom. The van der Waals surface area contributed by atoms with Crippen molar-refractivity contribution in [2.45, 2.75) is 110 Å². The molecule has 0 saturated heterocycles. The fourth-order valence-electron chi connectivity index (χ4n) is 4.05. The third kappa shape index (κ3) is 10.6. The van der Waals surface area contributed by atoms with Gasteiger partial charge in [-0.25, -0.2) is 0 Å². The lowest BCUT2D eigenvalue weighted by Crippen LogP contribution is -2.10. The Hall–Kier alpha value is 0.340. The molecule has 1 atom stereocenters. The zero-order valence-electron chi connectivity index (χ0n) is 19.0. The van der Waals surface area contributed by atoms with Crippen molar-refractivity contribution in [2.75, 3.05) is 24.6 Å². The zero-order chi connectivity index (χ0) is 19.7. The molecule has 0 aromatic heterocycles. The molecule has 1 unspecified atom stereocenters. The van der Waals surface area contributed by atoms with Crippen molar-refractivity contribution in [1.82, 2.24) is 0 Å². The molecule has 27 heavy (non-hydrogen) atoms. The summed E-state index contributed by atoms with van der Waals surface area (Å²) in [5.74, 6) is 0. The van der Waals surface area contributed by atoms with Crippen LogP contribution in [0.1, 0.15) is 105 Å². The van der Waals surface area contributed by atoms with E-state index in [0.717, 1.165) is 5.66 Å². The van der Waals surface area contributed by atoms with Crippen LogP contribution < -0.4 is 0 Å². The standard InChI is InChI=1S/C25H48P2/c1-5-9-13-20-26(21-14-10-6-2)24-18-17-19-25(24)27(22-15-11-7-3)23-16-12-8-4/h17-19,24H,5-16,20-23H2,1-4H3. The van der Waals surface area contributed by atoms with E-state index in [0.29, 0.717) is 0 Å². The largest absolute Gasteiger partial charge is 0.0950 e. The molecular formula is C25H48P2. The number of unbranched alkanes of at least 4 members (excludes halogenated alkanes) is 8. The van der Waals surface area contributed by atoms with Gasteiger partial charge in [-0.05, 0) is 55.6 Å². The highest BCUT2D eigenvalue weighted by Gasteiger charge is 2.28. The quantitative estimate of drug-likeness (QED) is 0.156. The molecule has 0 saturated carbocycles. The predicted octanol–water partition coefficient (Wildman–Crippen LogP) is 9.53. The lowest BCUT2D eigenvalue weighted by atomic mass is 10.3. The summed E-state index contributed by atoms with van der Waals surface area (Å²) in [7, 11) is 0.288. The average molecular weight is 411 g/mol. The first-order valence-electron chi connectivity index (χ1n) is 12.2.